The van der Waals surface area contributed by atoms with E-state index in [1.807, 2.05) is 12.1 Å². The van der Waals surface area contributed by atoms with Gasteiger partial charge in [-0.05, 0) is 36.8 Å². The molecule has 3 aromatic rings. The zero-order valence-electron chi connectivity index (χ0n) is 14.9. The smallest absolute Gasteiger partial charge is 0.264 e. The fourth-order valence-corrected chi connectivity index (χ4v) is 2.97. The number of benzene rings is 1. The molecular formula is C19H20N4O3S. The molecule has 1 amide bonds. The summed E-state index contributed by atoms with van der Waals surface area (Å²) in [7, 11) is 0. The van der Waals surface area contributed by atoms with E-state index < -0.39 is 0 Å². The Labute approximate surface area is 161 Å². The van der Waals surface area contributed by atoms with E-state index in [-0.39, 0.29) is 12.5 Å². The van der Waals surface area contributed by atoms with Crippen molar-refractivity contribution < 1.29 is 14.3 Å². The number of carbonyl (C=O) groups is 1. The maximum atomic E-state index is 12.0. The number of anilines is 1. The first-order valence-corrected chi connectivity index (χ1v) is 9.48. The second kappa shape index (κ2) is 9.63. The maximum Gasteiger partial charge on any atom is 0.264 e. The van der Waals surface area contributed by atoms with E-state index in [0.717, 1.165) is 24.3 Å². The third kappa shape index (κ3) is 6.03. The lowest BCUT2D eigenvalue weighted by Gasteiger charge is -2.07. The van der Waals surface area contributed by atoms with Crippen LogP contribution in [0.25, 0.3) is 0 Å². The fraction of sp³-hybridized carbons (Fsp3) is 0.263. The lowest BCUT2D eigenvalue weighted by atomic mass is 10.3. The van der Waals surface area contributed by atoms with E-state index in [2.05, 4.69) is 27.4 Å². The van der Waals surface area contributed by atoms with Crippen molar-refractivity contribution in [2.24, 2.45) is 0 Å². The number of unbranched alkanes of at least 4 members (excludes halogenated alkanes) is 1. The zero-order chi connectivity index (χ0) is 18.9. The summed E-state index contributed by atoms with van der Waals surface area (Å²) in [6.45, 7) is 2.02. The zero-order valence-corrected chi connectivity index (χ0v) is 15.7. The monoisotopic (exact) mass is 384 g/mol. The third-order valence-electron chi connectivity index (χ3n) is 3.51. The minimum Gasteiger partial charge on any atom is -0.484 e. The molecule has 0 aliphatic rings. The van der Waals surface area contributed by atoms with Crippen LogP contribution in [0.5, 0.6) is 17.4 Å². The van der Waals surface area contributed by atoms with Crippen LogP contribution in [0.15, 0.2) is 48.7 Å². The largest absolute Gasteiger partial charge is 0.484 e. The first-order valence-electron chi connectivity index (χ1n) is 8.67. The molecule has 1 aromatic carbocycles. The van der Waals surface area contributed by atoms with Crippen molar-refractivity contribution in [3.8, 4) is 17.4 Å². The average molecular weight is 384 g/mol. The van der Waals surface area contributed by atoms with Gasteiger partial charge in [0.15, 0.2) is 6.61 Å². The van der Waals surface area contributed by atoms with E-state index in [1.54, 1.807) is 36.5 Å². The molecule has 0 unspecified atom stereocenters. The second-order valence-electron chi connectivity index (χ2n) is 5.68. The van der Waals surface area contributed by atoms with Crippen LogP contribution >= 0.6 is 11.3 Å². The van der Waals surface area contributed by atoms with Gasteiger partial charge in [-0.1, -0.05) is 30.7 Å². The van der Waals surface area contributed by atoms with Crippen molar-refractivity contribution in [3.05, 3.63) is 53.7 Å². The van der Waals surface area contributed by atoms with Gasteiger partial charge in [-0.15, -0.1) is 10.2 Å². The summed E-state index contributed by atoms with van der Waals surface area (Å²) in [4.78, 5) is 16.1. The van der Waals surface area contributed by atoms with Gasteiger partial charge < -0.3 is 9.47 Å². The van der Waals surface area contributed by atoms with E-state index in [9.17, 15) is 4.79 Å². The SMILES string of the molecule is CCCCc1nnc(NC(=O)COc2ccc(Oc3ccccn3)cc2)s1. The highest BCUT2D eigenvalue weighted by atomic mass is 32.1. The number of nitrogens with zero attached hydrogens (tertiary/aromatic N) is 3. The summed E-state index contributed by atoms with van der Waals surface area (Å²) in [6.07, 6.45) is 4.70. The van der Waals surface area contributed by atoms with Crippen molar-refractivity contribution in [2.75, 3.05) is 11.9 Å². The molecule has 0 atom stereocenters. The van der Waals surface area contributed by atoms with E-state index in [4.69, 9.17) is 9.47 Å². The number of amides is 1. The average Bonchev–Trinajstić information content (AvgIpc) is 3.14. The van der Waals surface area contributed by atoms with Crippen LogP contribution in [0.1, 0.15) is 24.8 Å². The van der Waals surface area contributed by atoms with Crippen LogP contribution in [-0.2, 0) is 11.2 Å². The lowest BCUT2D eigenvalue weighted by molar-refractivity contribution is -0.118. The van der Waals surface area contributed by atoms with Crippen LogP contribution in [0, 0.1) is 0 Å². The Kier molecular flexibility index (Phi) is 6.70. The molecule has 0 aliphatic heterocycles. The van der Waals surface area contributed by atoms with Gasteiger partial charge in [0.1, 0.15) is 16.5 Å². The third-order valence-corrected chi connectivity index (χ3v) is 4.41. The van der Waals surface area contributed by atoms with Crippen molar-refractivity contribution in [2.45, 2.75) is 26.2 Å². The Morgan fingerprint density at radius 3 is 2.67 bits per heavy atom. The summed E-state index contributed by atoms with van der Waals surface area (Å²) in [5.41, 5.74) is 0. The molecule has 0 bridgehead atoms. The number of pyridine rings is 1. The fourth-order valence-electron chi connectivity index (χ4n) is 2.17. The predicted octanol–water partition coefficient (Wildman–Crippen LogP) is 4.09. The van der Waals surface area contributed by atoms with Gasteiger partial charge in [-0.3, -0.25) is 10.1 Å². The first-order chi connectivity index (χ1) is 13.2. The second-order valence-corrected chi connectivity index (χ2v) is 6.74. The molecule has 2 aromatic heterocycles. The number of rotatable bonds is 9. The normalized spacial score (nSPS) is 10.4. The topological polar surface area (TPSA) is 86.2 Å². The standard InChI is InChI=1S/C19H20N4O3S/c1-2-3-7-18-22-23-19(27-18)21-16(24)13-25-14-8-10-15(11-9-14)26-17-6-4-5-12-20-17/h4-6,8-12H,2-3,7,13H2,1H3,(H,21,23,24). The van der Waals surface area contributed by atoms with Gasteiger partial charge in [-0.2, -0.15) is 0 Å². The number of nitrogens with one attached hydrogen (secondary N) is 1. The van der Waals surface area contributed by atoms with Crippen LogP contribution in [0.2, 0.25) is 0 Å². The molecule has 0 saturated carbocycles. The van der Waals surface area contributed by atoms with Gasteiger partial charge in [-0.25, -0.2) is 4.98 Å². The lowest BCUT2D eigenvalue weighted by Crippen LogP contribution is -2.20. The van der Waals surface area contributed by atoms with Crippen molar-refractivity contribution in [3.63, 3.8) is 0 Å². The number of ether oxygens (including phenoxy) is 2. The quantitative estimate of drug-likeness (QED) is 0.598. The highest BCUT2D eigenvalue weighted by Gasteiger charge is 2.09. The summed E-state index contributed by atoms with van der Waals surface area (Å²) >= 11 is 1.39. The van der Waals surface area contributed by atoms with E-state index in [0.29, 0.717) is 22.5 Å². The van der Waals surface area contributed by atoms with Crippen molar-refractivity contribution in [1.82, 2.24) is 15.2 Å². The number of carbonyl (C=O) groups excluding carboxylic acids is 1. The van der Waals surface area contributed by atoms with Crippen LogP contribution in [0.4, 0.5) is 5.13 Å². The van der Waals surface area contributed by atoms with Gasteiger partial charge in [0, 0.05) is 18.7 Å². The number of aromatic nitrogens is 3. The maximum absolute atomic E-state index is 12.0. The summed E-state index contributed by atoms with van der Waals surface area (Å²) in [6, 6.07) is 12.4. The molecule has 0 spiro atoms. The molecule has 8 heteroatoms. The van der Waals surface area contributed by atoms with Gasteiger partial charge in [0.05, 0.1) is 0 Å². The molecule has 0 saturated heterocycles. The Morgan fingerprint density at radius 2 is 1.93 bits per heavy atom. The van der Waals surface area contributed by atoms with Crippen LogP contribution in [-0.4, -0.2) is 27.7 Å². The van der Waals surface area contributed by atoms with E-state index in [1.165, 1.54) is 11.3 Å². The molecule has 3 rings (SSSR count). The van der Waals surface area contributed by atoms with Gasteiger partial charge >= 0.3 is 0 Å². The molecule has 0 aliphatic carbocycles. The first kappa shape index (κ1) is 18.8. The number of hydrogen-bond donors (Lipinski definition) is 1. The van der Waals surface area contributed by atoms with Gasteiger partial charge in [0.2, 0.25) is 11.0 Å². The summed E-state index contributed by atoms with van der Waals surface area (Å²) < 4.78 is 11.1. The number of aryl methyl sites for hydroxylation is 1. The molecule has 7 nitrogen and oxygen atoms in total. The summed E-state index contributed by atoms with van der Waals surface area (Å²) in [5, 5.41) is 12.2. The highest BCUT2D eigenvalue weighted by Crippen LogP contribution is 2.22. The minimum atomic E-state index is -0.276. The van der Waals surface area contributed by atoms with Crippen LogP contribution in [0.3, 0.4) is 0 Å². The molecule has 2 heterocycles. The van der Waals surface area contributed by atoms with Crippen LogP contribution < -0.4 is 14.8 Å². The highest BCUT2D eigenvalue weighted by molar-refractivity contribution is 7.15. The van der Waals surface area contributed by atoms with Crippen molar-refractivity contribution >= 4 is 22.4 Å². The Hall–Kier alpha value is -3.00. The predicted molar refractivity (Wildman–Crippen MR) is 103 cm³/mol. The molecule has 27 heavy (non-hydrogen) atoms. The summed E-state index contributed by atoms with van der Waals surface area (Å²) in [5.74, 6) is 1.45. The molecule has 140 valence electrons. The molecule has 1 N–H and O–H groups in total. The van der Waals surface area contributed by atoms with Crippen molar-refractivity contribution in [1.29, 1.82) is 0 Å². The van der Waals surface area contributed by atoms with Gasteiger partial charge in [0.25, 0.3) is 5.91 Å². The minimum absolute atomic E-state index is 0.107. The molecular weight excluding hydrogens is 364 g/mol. The Morgan fingerprint density at radius 1 is 1.11 bits per heavy atom. The molecule has 0 fully saturated rings. The Bertz CT molecular complexity index is 853. The van der Waals surface area contributed by atoms with E-state index >= 15 is 0 Å². The Balaban J connectivity index is 1.45. The number of hydrogen-bond acceptors (Lipinski definition) is 7. The molecule has 0 radical (unpaired) electrons.